The van der Waals surface area contributed by atoms with Gasteiger partial charge in [-0.05, 0) is 12.1 Å². The molecule has 2 heterocycles. The van der Waals surface area contributed by atoms with Crippen LogP contribution in [-0.4, -0.2) is 52.0 Å². The van der Waals surface area contributed by atoms with E-state index in [1.807, 2.05) is 4.90 Å². The summed E-state index contributed by atoms with van der Waals surface area (Å²) >= 11 is 0. The monoisotopic (exact) mass is 373 g/mol. The number of piperazine rings is 1. The number of rotatable bonds is 4. The van der Waals surface area contributed by atoms with E-state index in [4.69, 9.17) is 10.3 Å². The summed E-state index contributed by atoms with van der Waals surface area (Å²) in [6, 6.07) is 3.40. The molecule has 1 fully saturated rings. The molecule has 0 spiro atoms. The zero-order valence-corrected chi connectivity index (χ0v) is 14.1. The van der Waals surface area contributed by atoms with E-state index in [2.05, 4.69) is 10.1 Å². The molecule has 0 atom stereocenters. The van der Waals surface area contributed by atoms with E-state index in [1.165, 1.54) is 11.0 Å². The molecule has 1 aromatic heterocycles. The van der Waals surface area contributed by atoms with Crippen molar-refractivity contribution in [2.24, 2.45) is 5.73 Å². The zero-order chi connectivity index (χ0) is 17.1. The number of carbonyl (C=O) groups is 1. The number of halogens is 3. The molecule has 0 radical (unpaired) electrons. The van der Waals surface area contributed by atoms with Crippen molar-refractivity contribution >= 4 is 18.3 Å². The Morgan fingerprint density at radius 2 is 1.84 bits per heavy atom. The predicted molar refractivity (Wildman–Crippen MR) is 87.0 cm³/mol. The fraction of sp³-hybridized carbons (Fsp3) is 0.400. The molecule has 1 aliphatic heterocycles. The smallest absolute Gasteiger partial charge is 0.259 e. The molecular weight excluding hydrogens is 356 g/mol. The van der Waals surface area contributed by atoms with Gasteiger partial charge in [0.2, 0.25) is 5.89 Å². The average molecular weight is 374 g/mol. The fourth-order valence-electron chi connectivity index (χ4n) is 2.61. The van der Waals surface area contributed by atoms with Crippen LogP contribution in [0.3, 0.4) is 0 Å². The van der Waals surface area contributed by atoms with Gasteiger partial charge >= 0.3 is 0 Å². The summed E-state index contributed by atoms with van der Waals surface area (Å²) in [7, 11) is 0. The van der Waals surface area contributed by atoms with Gasteiger partial charge in [-0.1, -0.05) is 11.2 Å². The molecule has 10 heteroatoms. The second kappa shape index (κ2) is 8.32. The van der Waals surface area contributed by atoms with Gasteiger partial charge in [-0.15, -0.1) is 12.4 Å². The number of benzene rings is 1. The first-order chi connectivity index (χ1) is 11.6. The lowest BCUT2D eigenvalue weighted by atomic mass is 10.1. The first-order valence-corrected chi connectivity index (χ1v) is 7.55. The van der Waals surface area contributed by atoms with Crippen LogP contribution in [0.25, 0.3) is 0 Å². The molecule has 2 aromatic rings. The van der Waals surface area contributed by atoms with Crippen molar-refractivity contribution in [2.75, 3.05) is 26.2 Å². The van der Waals surface area contributed by atoms with E-state index in [0.29, 0.717) is 44.4 Å². The van der Waals surface area contributed by atoms with Gasteiger partial charge in [0.1, 0.15) is 17.2 Å². The maximum atomic E-state index is 13.7. The van der Waals surface area contributed by atoms with Gasteiger partial charge in [0, 0.05) is 26.2 Å². The SMILES string of the molecule is Cl.NCc1nc(CN2CCN(C(=O)c3c(F)cccc3F)CC2)no1. The van der Waals surface area contributed by atoms with E-state index < -0.39 is 23.1 Å². The largest absolute Gasteiger partial charge is 0.338 e. The van der Waals surface area contributed by atoms with Crippen LogP contribution in [-0.2, 0) is 13.1 Å². The van der Waals surface area contributed by atoms with Crippen LogP contribution in [0.2, 0.25) is 0 Å². The second-order valence-corrected chi connectivity index (χ2v) is 5.47. The van der Waals surface area contributed by atoms with E-state index >= 15 is 0 Å². The van der Waals surface area contributed by atoms with Crippen molar-refractivity contribution in [1.29, 1.82) is 0 Å². The molecule has 1 amide bonds. The highest BCUT2D eigenvalue weighted by molar-refractivity contribution is 5.94. The topological polar surface area (TPSA) is 88.5 Å². The van der Waals surface area contributed by atoms with Crippen molar-refractivity contribution in [3.05, 3.63) is 47.1 Å². The Morgan fingerprint density at radius 3 is 2.40 bits per heavy atom. The molecule has 0 saturated carbocycles. The molecular formula is C15H18ClF2N5O2. The first kappa shape index (κ1) is 19.2. The molecule has 7 nitrogen and oxygen atoms in total. The number of nitrogens with two attached hydrogens (primary N) is 1. The molecule has 0 unspecified atom stereocenters. The molecule has 136 valence electrons. The summed E-state index contributed by atoms with van der Waals surface area (Å²) in [4.78, 5) is 19.9. The van der Waals surface area contributed by atoms with Crippen molar-refractivity contribution in [3.63, 3.8) is 0 Å². The Kier molecular flexibility index (Phi) is 6.40. The highest BCUT2D eigenvalue weighted by Crippen LogP contribution is 2.16. The summed E-state index contributed by atoms with van der Waals surface area (Å²) in [6.45, 7) is 2.49. The lowest BCUT2D eigenvalue weighted by Gasteiger charge is -2.34. The molecule has 2 N–H and O–H groups in total. The van der Waals surface area contributed by atoms with E-state index in [-0.39, 0.29) is 19.0 Å². The van der Waals surface area contributed by atoms with E-state index in [9.17, 15) is 13.6 Å². The van der Waals surface area contributed by atoms with Gasteiger partial charge in [0.25, 0.3) is 5.91 Å². The normalized spacial score (nSPS) is 15.1. The minimum Gasteiger partial charge on any atom is -0.338 e. The van der Waals surface area contributed by atoms with Gasteiger partial charge in [-0.2, -0.15) is 4.98 Å². The van der Waals surface area contributed by atoms with Crippen LogP contribution >= 0.6 is 12.4 Å². The Balaban J connectivity index is 0.00000225. The molecule has 1 aliphatic rings. The maximum absolute atomic E-state index is 13.7. The van der Waals surface area contributed by atoms with Gasteiger partial charge in [0.15, 0.2) is 5.82 Å². The quantitative estimate of drug-likeness (QED) is 0.866. The number of hydrogen-bond donors (Lipinski definition) is 1. The lowest BCUT2D eigenvalue weighted by molar-refractivity contribution is 0.0615. The van der Waals surface area contributed by atoms with E-state index in [1.54, 1.807) is 0 Å². The van der Waals surface area contributed by atoms with Gasteiger partial charge < -0.3 is 15.2 Å². The van der Waals surface area contributed by atoms with Gasteiger partial charge in [-0.25, -0.2) is 8.78 Å². The van der Waals surface area contributed by atoms with Crippen LogP contribution in [0.15, 0.2) is 22.7 Å². The Bertz CT molecular complexity index is 714. The van der Waals surface area contributed by atoms with Crippen molar-refractivity contribution in [1.82, 2.24) is 19.9 Å². The van der Waals surface area contributed by atoms with E-state index in [0.717, 1.165) is 12.1 Å². The average Bonchev–Trinajstić information content (AvgIpc) is 3.03. The van der Waals surface area contributed by atoms with Gasteiger partial charge in [0.05, 0.1) is 13.1 Å². The first-order valence-electron chi connectivity index (χ1n) is 7.55. The van der Waals surface area contributed by atoms with Crippen LogP contribution < -0.4 is 5.73 Å². The minimum atomic E-state index is -0.844. The maximum Gasteiger partial charge on any atom is 0.259 e. The molecule has 3 rings (SSSR count). The third-order valence-electron chi connectivity index (χ3n) is 3.89. The third kappa shape index (κ3) is 4.30. The fourth-order valence-corrected chi connectivity index (χ4v) is 2.61. The highest BCUT2D eigenvalue weighted by Gasteiger charge is 2.27. The van der Waals surface area contributed by atoms with Crippen molar-refractivity contribution in [3.8, 4) is 0 Å². The summed E-state index contributed by atoms with van der Waals surface area (Å²) in [6.07, 6.45) is 0. The Labute approximate surface area is 149 Å². The Morgan fingerprint density at radius 1 is 1.20 bits per heavy atom. The summed E-state index contributed by atoms with van der Waals surface area (Å²) in [5, 5.41) is 3.82. The highest BCUT2D eigenvalue weighted by atomic mass is 35.5. The number of hydrogen-bond acceptors (Lipinski definition) is 6. The molecule has 1 aromatic carbocycles. The number of amides is 1. The number of carbonyl (C=O) groups excluding carboxylic acids is 1. The summed E-state index contributed by atoms with van der Waals surface area (Å²) in [5.74, 6) is -1.42. The molecule has 0 aliphatic carbocycles. The summed E-state index contributed by atoms with van der Waals surface area (Å²) < 4.78 is 32.4. The second-order valence-electron chi connectivity index (χ2n) is 5.47. The minimum absolute atomic E-state index is 0. The standard InChI is InChI=1S/C15H17F2N5O2.ClH/c16-10-2-1-3-11(17)14(10)15(23)22-6-4-21(5-7-22)9-12-19-13(8-18)24-20-12;/h1-3H,4-9,18H2;1H. The number of aromatic nitrogens is 2. The van der Waals surface area contributed by atoms with Crippen molar-refractivity contribution < 1.29 is 18.1 Å². The van der Waals surface area contributed by atoms with Crippen LogP contribution in [0, 0.1) is 11.6 Å². The summed E-state index contributed by atoms with van der Waals surface area (Å²) in [5.41, 5.74) is 4.91. The van der Waals surface area contributed by atoms with Crippen LogP contribution in [0.1, 0.15) is 22.1 Å². The van der Waals surface area contributed by atoms with Gasteiger partial charge in [-0.3, -0.25) is 9.69 Å². The van der Waals surface area contributed by atoms with Crippen LogP contribution in [0.5, 0.6) is 0 Å². The molecule has 25 heavy (non-hydrogen) atoms. The lowest BCUT2D eigenvalue weighted by Crippen LogP contribution is -2.48. The predicted octanol–water partition coefficient (Wildman–Crippen LogP) is 1.19. The molecule has 1 saturated heterocycles. The Hall–Kier alpha value is -2.10. The van der Waals surface area contributed by atoms with Crippen LogP contribution in [0.4, 0.5) is 8.78 Å². The third-order valence-corrected chi connectivity index (χ3v) is 3.89. The molecule has 0 bridgehead atoms. The number of nitrogens with zero attached hydrogens (tertiary/aromatic N) is 4. The van der Waals surface area contributed by atoms with Crippen molar-refractivity contribution in [2.45, 2.75) is 13.1 Å². The zero-order valence-electron chi connectivity index (χ0n) is 13.3.